The van der Waals surface area contributed by atoms with Crippen LogP contribution in [-0.4, -0.2) is 24.3 Å². The largest absolute Gasteiger partial charge is 0.363 e. The average Bonchev–Trinajstić information content (AvgIpc) is 2.23. The van der Waals surface area contributed by atoms with Gasteiger partial charge in [-0.05, 0) is 25.0 Å². The van der Waals surface area contributed by atoms with Gasteiger partial charge in [-0.1, -0.05) is 18.2 Å². The van der Waals surface area contributed by atoms with E-state index in [2.05, 4.69) is 29.1 Å². The molecule has 0 radical (unpaired) electrons. The van der Waals surface area contributed by atoms with Gasteiger partial charge >= 0.3 is 0 Å². The van der Waals surface area contributed by atoms with Gasteiger partial charge in [0.2, 0.25) is 0 Å². The van der Waals surface area contributed by atoms with E-state index < -0.39 is 0 Å². The summed E-state index contributed by atoms with van der Waals surface area (Å²) >= 11 is 0. The van der Waals surface area contributed by atoms with Crippen molar-refractivity contribution in [3.63, 3.8) is 0 Å². The highest BCUT2D eigenvalue weighted by Gasteiger charge is 2.11. The number of benzene rings is 1. The number of amidine groups is 1. The maximum absolute atomic E-state index is 4.64. The third-order valence-corrected chi connectivity index (χ3v) is 2.60. The first-order valence-electron chi connectivity index (χ1n) is 5.20. The fourth-order valence-electron chi connectivity index (χ4n) is 1.74. The fourth-order valence-corrected chi connectivity index (χ4v) is 1.74. The van der Waals surface area contributed by atoms with Crippen LogP contribution < -0.4 is 0 Å². The normalized spacial score (nSPS) is 20.1. The molecule has 2 rings (SSSR count). The number of para-hydroxylation sites is 1. The van der Waals surface area contributed by atoms with Gasteiger partial charge in [0.1, 0.15) is 5.84 Å². The second-order valence-corrected chi connectivity index (χ2v) is 3.74. The zero-order valence-corrected chi connectivity index (χ0v) is 8.61. The number of rotatable bonds is 1. The molecule has 2 heteroatoms. The molecule has 1 aliphatic heterocycles. The van der Waals surface area contributed by atoms with Crippen LogP contribution in [0, 0.1) is 0 Å². The molecule has 0 spiro atoms. The topological polar surface area (TPSA) is 15.6 Å². The van der Waals surface area contributed by atoms with Crippen molar-refractivity contribution in [2.75, 3.05) is 13.6 Å². The minimum absolute atomic E-state index is 1.07. The van der Waals surface area contributed by atoms with Crippen molar-refractivity contribution >= 4 is 11.5 Å². The lowest BCUT2D eigenvalue weighted by Gasteiger charge is -2.25. The lowest BCUT2D eigenvalue weighted by molar-refractivity contribution is 0.434. The zero-order chi connectivity index (χ0) is 9.80. The van der Waals surface area contributed by atoms with Crippen molar-refractivity contribution < 1.29 is 0 Å². The highest BCUT2D eigenvalue weighted by Crippen LogP contribution is 2.16. The van der Waals surface area contributed by atoms with Crippen LogP contribution in [0.3, 0.4) is 0 Å². The van der Waals surface area contributed by atoms with E-state index in [-0.39, 0.29) is 0 Å². The van der Waals surface area contributed by atoms with E-state index in [0.29, 0.717) is 0 Å². The smallest absolute Gasteiger partial charge is 0.105 e. The Morgan fingerprint density at radius 3 is 2.64 bits per heavy atom. The second kappa shape index (κ2) is 4.27. The van der Waals surface area contributed by atoms with E-state index in [1.165, 1.54) is 18.7 Å². The van der Waals surface area contributed by atoms with Gasteiger partial charge in [-0.2, -0.15) is 0 Å². The summed E-state index contributed by atoms with van der Waals surface area (Å²) in [4.78, 5) is 6.90. The Labute approximate surface area is 85.3 Å². The molecule has 0 N–H and O–H groups in total. The van der Waals surface area contributed by atoms with Gasteiger partial charge < -0.3 is 4.90 Å². The standard InChI is InChI=1S/C12H16N2/c1-14-10-6-5-9-12(14)13-11-7-3-2-4-8-11/h2-4,7-8H,5-6,9-10H2,1H3/b13-12+. The molecule has 1 heterocycles. The molecule has 14 heavy (non-hydrogen) atoms. The SMILES string of the molecule is CN1CCCC/C1=N\c1ccccc1. The number of hydrogen-bond donors (Lipinski definition) is 0. The van der Waals surface area contributed by atoms with Crippen molar-refractivity contribution in [1.29, 1.82) is 0 Å². The van der Waals surface area contributed by atoms with Gasteiger partial charge in [-0.15, -0.1) is 0 Å². The monoisotopic (exact) mass is 188 g/mol. The molecule has 1 saturated heterocycles. The summed E-state index contributed by atoms with van der Waals surface area (Å²) in [6.45, 7) is 1.14. The van der Waals surface area contributed by atoms with Crippen LogP contribution in [0.15, 0.2) is 35.3 Å². The Kier molecular flexibility index (Phi) is 2.82. The highest BCUT2D eigenvalue weighted by molar-refractivity contribution is 5.85. The Morgan fingerprint density at radius 1 is 1.14 bits per heavy atom. The lowest BCUT2D eigenvalue weighted by atomic mass is 10.1. The molecule has 0 aliphatic carbocycles. The van der Waals surface area contributed by atoms with Gasteiger partial charge in [0.05, 0.1) is 5.69 Å². The van der Waals surface area contributed by atoms with Crippen LogP contribution in [-0.2, 0) is 0 Å². The number of aliphatic imine (C=N–C) groups is 1. The van der Waals surface area contributed by atoms with Crippen LogP contribution in [0.5, 0.6) is 0 Å². The molecule has 1 fully saturated rings. The van der Waals surface area contributed by atoms with Crippen molar-refractivity contribution in [2.45, 2.75) is 19.3 Å². The van der Waals surface area contributed by atoms with E-state index in [9.17, 15) is 0 Å². The van der Waals surface area contributed by atoms with Crippen LogP contribution in [0.2, 0.25) is 0 Å². The quantitative estimate of drug-likeness (QED) is 0.661. The molecule has 0 bridgehead atoms. The number of likely N-dealkylation sites (tertiary alicyclic amines) is 1. The Balaban J connectivity index is 2.17. The first-order valence-corrected chi connectivity index (χ1v) is 5.20. The summed E-state index contributed by atoms with van der Waals surface area (Å²) in [5.74, 6) is 1.22. The maximum atomic E-state index is 4.64. The maximum Gasteiger partial charge on any atom is 0.105 e. The molecule has 1 aliphatic rings. The Bertz CT molecular complexity index is 316. The van der Waals surface area contributed by atoms with Crippen LogP contribution >= 0.6 is 0 Å². The van der Waals surface area contributed by atoms with Gasteiger partial charge in [0.25, 0.3) is 0 Å². The number of hydrogen-bond acceptors (Lipinski definition) is 1. The highest BCUT2D eigenvalue weighted by atomic mass is 15.2. The summed E-state index contributed by atoms with van der Waals surface area (Å²) in [5, 5.41) is 0. The molecule has 74 valence electrons. The Morgan fingerprint density at radius 2 is 1.93 bits per heavy atom. The van der Waals surface area contributed by atoms with E-state index in [1.807, 2.05) is 18.2 Å². The zero-order valence-electron chi connectivity index (χ0n) is 8.61. The van der Waals surface area contributed by atoms with Gasteiger partial charge in [-0.3, -0.25) is 0 Å². The van der Waals surface area contributed by atoms with Gasteiger partial charge in [0, 0.05) is 20.0 Å². The average molecular weight is 188 g/mol. The molecule has 1 aromatic rings. The third kappa shape index (κ3) is 2.13. The Hall–Kier alpha value is -1.31. The summed E-state index contributed by atoms with van der Waals surface area (Å²) in [5.41, 5.74) is 1.07. The molecule has 0 amide bonds. The number of piperidine rings is 1. The second-order valence-electron chi connectivity index (χ2n) is 3.74. The lowest BCUT2D eigenvalue weighted by Crippen LogP contribution is -2.31. The predicted octanol–water partition coefficient (Wildman–Crippen LogP) is 2.83. The molecular formula is C12H16N2. The van der Waals surface area contributed by atoms with Crippen molar-refractivity contribution in [1.82, 2.24) is 4.90 Å². The molecule has 2 nitrogen and oxygen atoms in total. The van der Waals surface area contributed by atoms with E-state index in [4.69, 9.17) is 0 Å². The van der Waals surface area contributed by atoms with Gasteiger partial charge in [-0.25, -0.2) is 4.99 Å². The minimum atomic E-state index is 1.07. The van der Waals surface area contributed by atoms with E-state index in [1.54, 1.807) is 0 Å². The molecule has 0 unspecified atom stereocenters. The van der Waals surface area contributed by atoms with Crippen molar-refractivity contribution in [3.05, 3.63) is 30.3 Å². The molecule has 0 saturated carbocycles. The van der Waals surface area contributed by atoms with Crippen LogP contribution in [0.25, 0.3) is 0 Å². The summed E-state index contributed by atoms with van der Waals surface area (Å²) in [6.07, 6.45) is 3.69. The first-order chi connectivity index (χ1) is 6.86. The molecule has 0 aromatic heterocycles. The number of nitrogens with zero attached hydrogens (tertiary/aromatic N) is 2. The van der Waals surface area contributed by atoms with E-state index >= 15 is 0 Å². The molecule has 0 atom stereocenters. The third-order valence-electron chi connectivity index (χ3n) is 2.60. The van der Waals surface area contributed by atoms with Crippen molar-refractivity contribution in [2.24, 2.45) is 4.99 Å². The first kappa shape index (κ1) is 9.25. The van der Waals surface area contributed by atoms with Gasteiger partial charge in [0.15, 0.2) is 0 Å². The van der Waals surface area contributed by atoms with Crippen molar-refractivity contribution in [3.8, 4) is 0 Å². The van der Waals surface area contributed by atoms with E-state index in [0.717, 1.165) is 18.7 Å². The summed E-state index contributed by atoms with van der Waals surface area (Å²) in [6, 6.07) is 10.2. The summed E-state index contributed by atoms with van der Waals surface area (Å²) < 4.78 is 0. The summed E-state index contributed by atoms with van der Waals surface area (Å²) in [7, 11) is 2.13. The van der Waals surface area contributed by atoms with Crippen LogP contribution in [0.4, 0.5) is 5.69 Å². The van der Waals surface area contributed by atoms with Crippen LogP contribution in [0.1, 0.15) is 19.3 Å². The molecular weight excluding hydrogens is 172 g/mol. The predicted molar refractivity (Wildman–Crippen MR) is 60.0 cm³/mol. The minimum Gasteiger partial charge on any atom is -0.363 e. The molecule has 1 aromatic carbocycles. The fraction of sp³-hybridized carbons (Fsp3) is 0.417.